The highest BCUT2D eigenvalue weighted by molar-refractivity contribution is 14.1. The topological polar surface area (TPSA) is 193 Å². The number of nitrogens with zero attached hydrogens (tertiary/aromatic N) is 6. The van der Waals surface area contributed by atoms with Crippen LogP contribution >= 0.6 is 22.6 Å². The number of hydrogen-bond donors (Lipinski definition) is 2. The van der Waals surface area contributed by atoms with Crippen molar-refractivity contribution in [3.8, 4) is 28.6 Å². The van der Waals surface area contributed by atoms with Gasteiger partial charge in [0.2, 0.25) is 25.9 Å². The molecule has 0 bridgehead atoms. The lowest BCUT2D eigenvalue weighted by Crippen LogP contribution is -2.49. The molecule has 1 amide bonds. The van der Waals surface area contributed by atoms with E-state index in [0.717, 1.165) is 5.56 Å². The molecular weight excluding hydrogens is 964 g/mol. The van der Waals surface area contributed by atoms with Crippen molar-refractivity contribution in [2.24, 2.45) is 0 Å². The molecule has 0 radical (unpaired) electrons. The maximum atomic E-state index is 15.6. The lowest BCUT2D eigenvalue weighted by Gasteiger charge is -2.30. The molecule has 0 aliphatic carbocycles. The third-order valence-electron chi connectivity index (χ3n) is 10.5. The average molecular weight is 1020 g/mol. The maximum Gasteiger partial charge on any atom is 0.407 e. The molecule has 5 aromatic rings. The Kier molecular flexibility index (Phi) is 15.0. The van der Waals surface area contributed by atoms with Crippen LogP contribution in [0, 0.1) is 3.57 Å². The predicted molar refractivity (Wildman–Crippen MR) is 244 cm³/mol. The number of tetrazole rings is 1. The number of quaternary nitrogens is 1. The number of halogens is 1. The van der Waals surface area contributed by atoms with Gasteiger partial charge in [-0.2, -0.15) is 9.10 Å². The van der Waals surface area contributed by atoms with Crippen LogP contribution in [0.1, 0.15) is 43.9 Å². The van der Waals surface area contributed by atoms with Crippen LogP contribution in [0.15, 0.2) is 94.7 Å². The first kappa shape index (κ1) is 47.6. The zero-order valence-corrected chi connectivity index (χ0v) is 40.2. The number of methoxy groups -OCH3 is 3. The Morgan fingerprint density at radius 1 is 0.841 bits per heavy atom. The molecule has 20 heteroatoms. The van der Waals surface area contributed by atoms with Gasteiger partial charge < -0.3 is 28.7 Å². The van der Waals surface area contributed by atoms with Crippen LogP contribution in [-0.2, 0) is 44.4 Å². The van der Waals surface area contributed by atoms with Gasteiger partial charge in [0.05, 0.1) is 72.7 Å². The highest BCUT2D eigenvalue weighted by atomic mass is 127. The highest BCUT2D eigenvalue weighted by Gasteiger charge is 2.41. The van der Waals surface area contributed by atoms with Crippen LogP contribution in [0.2, 0.25) is 0 Å². The molecule has 0 spiro atoms. The molecule has 1 fully saturated rings. The Hall–Kier alpha value is -4.87. The van der Waals surface area contributed by atoms with Gasteiger partial charge in [-0.3, -0.25) is 0 Å². The summed E-state index contributed by atoms with van der Waals surface area (Å²) in [5, 5.41) is 16.0. The fourth-order valence-electron chi connectivity index (χ4n) is 7.25. The van der Waals surface area contributed by atoms with E-state index in [2.05, 4.69) is 25.4 Å². The van der Waals surface area contributed by atoms with Gasteiger partial charge in [-0.25, -0.2) is 26.4 Å². The molecule has 63 heavy (non-hydrogen) atoms. The van der Waals surface area contributed by atoms with Crippen molar-refractivity contribution < 1.29 is 45.1 Å². The van der Waals surface area contributed by atoms with Crippen molar-refractivity contribution in [2.75, 3.05) is 54.6 Å². The summed E-state index contributed by atoms with van der Waals surface area (Å²) in [5.41, 5.74) is 1.45. The number of likely N-dealkylation sites (N-methyl/N-ethyl adjacent to an activating group) is 1. The van der Waals surface area contributed by atoms with Gasteiger partial charge in [0.25, 0.3) is 0 Å². The molecular formula is C43H54IN8O9S2+. The van der Waals surface area contributed by atoms with Crippen LogP contribution in [-0.4, -0.2) is 118 Å². The van der Waals surface area contributed by atoms with Crippen molar-refractivity contribution >= 4 is 48.7 Å². The first-order chi connectivity index (χ1) is 29.8. The minimum atomic E-state index is -4.73. The van der Waals surface area contributed by atoms with Crippen molar-refractivity contribution in [2.45, 2.75) is 68.3 Å². The number of nitrogens with one attached hydrogen (secondary N) is 2. The van der Waals surface area contributed by atoms with Crippen LogP contribution in [0.5, 0.6) is 17.2 Å². The summed E-state index contributed by atoms with van der Waals surface area (Å²) < 4.78 is 87.1. The van der Waals surface area contributed by atoms with E-state index in [1.165, 1.54) is 15.2 Å². The van der Waals surface area contributed by atoms with Gasteiger partial charge >= 0.3 is 6.09 Å². The van der Waals surface area contributed by atoms with Gasteiger partial charge in [-0.05, 0) is 114 Å². The number of aromatic nitrogens is 4. The second kappa shape index (κ2) is 19.9. The van der Waals surface area contributed by atoms with Crippen LogP contribution in [0.25, 0.3) is 11.4 Å². The van der Waals surface area contributed by atoms with Crippen molar-refractivity contribution in [3.63, 3.8) is 0 Å². The van der Waals surface area contributed by atoms with Gasteiger partial charge in [0.15, 0.2) is 0 Å². The van der Waals surface area contributed by atoms with E-state index >= 15 is 8.42 Å². The normalized spacial score (nSPS) is 16.8. The second-order valence-electron chi connectivity index (χ2n) is 16.5. The Bertz CT molecular complexity index is 2540. The first-order valence-electron chi connectivity index (χ1n) is 20.1. The summed E-state index contributed by atoms with van der Waals surface area (Å²) in [6.07, 6.45) is -0.0545. The molecule has 2 N–H and O–H groups in total. The lowest BCUT2D eigenvalue weighted by atomic mass is 10.2. The van der Waals surface area contributed by atoms with Gasteiger partial charge in [0.1, 0.15) is 32.6 Å². The summed E-state index contributed by atoms with van der Waals surface area (Å²) in [6.45, 7) is 7.17. The Labute approximate surface area is 382 Å². The number of rotatable bonds is 18. The smallest absolute Gasteiger partial charge is 0.407 e. The minimum absolute atomic E-state index is 0.00539. The molecule has 1 unspecified atom stereocenters. The zero-order chi connectivity index (χ0) is 45.6. The van der Waals surface area contributed by atoms with Gasteiger partial charge in [-0.1, -0.05) is 36.4 Å². The third-order valence-corrected chi connectivity index (χ3v) is 14.9. The number of hydrogen-bond acceptors (Lipinski definition) is 12. The number of alkyl carbamates (subject to hydrolysis) is 1. The Balaban J connectivity index is 1.40. The number of carbonyl (C=O) groups is 1. The molecule has 4 aromatic carbocycles. The Morgan fingerprint density at radius 2 is 1.38 bits per heavy atom. The van der Waals surface area contributed by atoms with E-state index in [-0.39, 0.29) is 31.0 Å². The van der Waals surface area contributed by atoms with Gasteiger partial charge in [0, 0.05) is 23.1 Å². The highest BCUT2D eigenvalue weighted by Crippen LogP contribution is 2.38. The van der Waals surface area contributed by atoms with E-state index < -0.39 is 47.6 Å². The molecule has 2 atom stereocenters. The summed E-state index contributed by atoms with van der Waals surface area (Å²) in [5.74, 6) is 1.78. The second-order valence-corrected chi connectivity index (χ2v) is 21.2. The number of ether oxygens (including phenoxy) is 4. The molecule has 0 saturated carbocycles. The molecule has 1 aliphatic rings. The molecule has 1 aromatic heterocycles. The number of sulfonamides is 2. The van der Waals surface area contributed by atoms with Crippen molar-refractivity contribution in [3.05, 3.63) is 105 Å². The summed E-state index contributed by atoms with van der Waals surface area (Å²) in [4.78, 5) is 12.7. The number of benzene rings is 4. The van der Waals surface area contributed by atoms with Gasteiger partial charge in [-0.15, -0.1) is 10.2 Å². The maximum absolute atomic E-state index is 15.6. The SMILES string of the molecule is COc1ccc(CN(Cc2ccc(OC)cc2)S(=O)(=O)c2c(S(=O)(=O)N[C@H]3CC[N+](C)(CCNC(=O)OC(C)(C)C)C3)ccc(I)c2-c2nnn(Cc3ccc(OC)cc3)n2)cc1. The number of likely N-dealkylation sites (tertiary alicyclic amines) is 1. The molecule has 6 rings (SSSR count). The molecule has 1 saturated heterocycles. The molecule has 1 aliphatic heterocycles. The lowest BCUT2D eigenvalue weighted by molar-refractivity contribution is -0.896. The predicted octanol–water partition coefficient (Wildman–Crippen LogP) is 5.43. The van der Waals surface area contributed by atoms with E-state index in [1.807, 2.05) is 41.8 Å². The Morgan fingerprint density at radius 3 is 1.90 bits per heavy atom. The quantitative estimate of drug-likeness (QED) is 0.0837. The van der Waals surface area contributed by atoms with E-state index in [9.17, 15) is 13.2 Å². The largest absolute Gasteiger partial charge is 0.497 e. The summed E-state index contributed by atoms with van der Waals surface area (Å²) in [7, 11) is -2.63. The van der Waals surface area contributed by atoms with Crippen LogP contribution in [0.3, 0.4) is 0 Å². The van der Waals surface area contributed by atoms with Crippen LogP contribution < -0.4 is 24.2 Å². The van der Waals surface area contributed by atoms with E-state index in [4.69, 9.17) is 18.9 Å². The molecule has 338 valence electrons. The van der Waals surface area contributed by atoms with Crippen LogP contribution in [0.4, 0.5) is 4.79 Å². The van der Waals surface area contributed by atoms with E-state index in [0.29, 0.717) is 69.0 Å². The fourth-order valence-corrected chi connectivity index (χ4v) is 11.8. The number of amides is 1. The number of carbonyl (C=O) groups excluding carboxylic acids is 1. The third kappa shape index (κ3) is 12.2. The average Bonchev–Trinajstić information content (AvgIpc) is 3.85. The van der Waals surface area contributed by atoms with Crippen molar-refractivity contribution in [1.82, 2.24) is 34.6 Å². The summed E-state index contributed by atoms with van der Waals surface area (Å²) in [6, 6.07) is 23.6. The standard InChI is InChI=1S/C43H53IN8O9S2/c1-43(2,3)61-42(53)45-23-25-52(4)24-22-33(29-52)48-62(54,55)38-21-20-37(44)39(41-46-49-51(47-41)28-32-12-18-36(60-7)19-13-32)40(38)63(56,57)50(26-30-8-14-34(58-5)15-9-30)27-31-10-16-35(59-6)17-11-31/h8-21,33,48H,22-29H2,1-7H3/p+1/t33-,52?/m0/s1. The first-order valence-corrected chi connectivity index (χ1v) is 24.1. The minimum Gasteiger partial charge on any atom is -0.497 e. The molecule has 17 nitrogen and oxygen atoms in total. The van der Waals surface area contributed by atoms with Crippen molar-refractivity contribution in [1.29, 1.82) is 0 Å². The zero-order valence-electron chi connectivity index (χ0n) is 36.4. The fraction of sp³-hybridized carbons (Fsp3) is 0.395. The summed E-state index contributed by atoms with van der Waals surface area (Å²) >= 11 is 1.98. The van der Waals surface area contributed by atoms with E-state index in [1.54, 1.807) is 109 Å². The monoisotopic (exact) mass is 1020 g/mol. The molecule has 2 heterocycles.